The fraction of sp³-hybridized carbons (Fsp3) is 0.211. The van der Waals surface area contributed by atoms with E-state index in [1.807, 2.05) is 26.0 Å². The van der Waals surface area contributed by atoms with Crippen LogP contribution in [-0.4, -0.2) is 23.5 Å². The molecule has 3 N–H and O–H groups in total. The van der Waals surface area contributed by atoms with Gasteiger partial charge < -0.3 is 10.6 Å². The van der Waals surface area contributed by atoms with Gasteiger partial charge in [-0.15, -0.1) is 0 Å². The molecule has 0 aromatic heterocycles. The first-order valence-electron chi connectivity index (χ1n) is 8.07. The molecule has 0 saturated heterocycles. The van der Waals surface area contributed by atoms with Crippen molar-refractivity contribution in [2.45, 2.75) is 20.3 Å². The van der Waals surface area contributed by atoms with Crippen LogP contribution in [0.25, 0.3) is 0 Å². The standard InChI is InChI=1S/C19H21N3O2S/c1-3-11-20-18(24)15-9-4-5-10-16(15)21-19(25)22-17(23)14-8-6-7-13(2)12-14/h4-10,12H,3,11H2,1-2H3,(H,20,24)(H2,21,22,23,25). The summed E-state index contributed by atoms with van der Waals surface area (Å²) in [4.78, 5) is 24.4. The van der Waals surface area contributed by atoms with Crippen LogP contribution in [0.4, 0.5) is 5.69 Å². The number of amides is 2. The van der Waals surface area contributed by atoms with Crippen LogP contribution < -0.4 is 16.0 Å². The number of carbonyl (C=O) groups is 2. The highest BCUT2D eigenvalue weighted by molar-refractivity contribution is 7.80. The SMILES string of the molecule is CCCNC(=O)c1ccccc1NC(=S)NC(=O)c1cccc(C)c1. The highest BCUT2D eigenvalue weighted by Gasteiger charge is 2.13. The van der Waals surface area contributed by atoms with Crippen molar-refractivity contribution in [3.63, 3.8) is 0 Å². The van der Waals surface area contributed by atoms with Crippen LogP contribution in [0.2, 0.25) is 0 Å². The molecule has 0 radical (unpaired) electrons. The van der Waals surface area contributed by atoms with E-state index >= 15 is 0 Å². The van der Waals surface area contributed by atoms with Crippen molar-refractivity contribution in [3.05, 3.63) is 65.2 Å². The highest BCUT2D eigenvalue weighted by atomic mass is 32.1. The summed E-state index contributed by atoms with van der Waals surface area (Å²) in [6, 6.07) is 14.3. The molecule has 0 atom stereocenters. The van der Waals surface area contributed by atoms with Gasteiger partial charge in [0.2, 0.25) is 0 Å². The summed E-state index contributed by atoms with van der Waals surface area (Å²) < 4.78 is 0. The van der Waals surface area contributed by atoms with E-state index in [9.17, 15) is 9.59 Å². The van der Waals surface area contributed by atoms with Crippen molar-refractivity contribution in [1.29, 1.82) is 0 Å². The topological polar surface area (TPSA) is 70.2 Å². The molecule has 2 aromatic carbocycles. The van der Waals surface area contributed by atoms with Gasteiger partial charge in [0.25, 0.3) is 11.8 Å². The van der Waals surface area contributed by atoms with Gasteiger partial charge in [-0.05, 0) is 49.8 Å². The normalized spacial score (nSPS) is 10.0. The first-order chi connectivity index (χ1) is 12.0. The molecule has 0 fully saturated rings. The summed E-state index contributed by atoms with van der Waals surface area (Å²) in [5, 5.41) is 8.52. The Hall–Kier alpha value is -2.73. The summed E-state index contributed by atoms with van der Waals surface area (Å²) in [5.74, 6) is -0.480. The fourth-order valence-electron chi connectivity index (χ4n) is 2.24. The second-order valence-corrected chi connectivity index (χ2v) is 5.99. The Bertz CT molecular complexity index is 790. The van der Waals surface area contributed by atoms with Crippen LogP contribution in [0.15, 0.2) is 48.5 Å². The Morgan fingerprint density at radius 1 is 1.04 bits per heavy atom. The number of thiocarbonyl (C=S) groups is 1. The molecule has 0 saturated carbocycles. The Morgan fingerprint density at radius 3 is 2.52 bits per heavy atom. The average molecular weight is 355 g/mol. The molecule has 0 aliphatic heterocycles. The van der Waals surface area contributed by atoms with E-state index in [0.717, 1.165) is 12.0 Å². The van der Waals surface area contributed by atoms with Crippen LogP contribution in [0.5, 0.6) is 0 Å². The lowest BCUT2D eigenvalue weighted by Gasteiger charge is -2.13. The molecule has 0 unspecified atom stereocenters. The molecule has 130 valence electrons. The number of rotatable bonds is 5. The minimum absolute atomic E-state index is 0.141. The van der Waals surface area contributed by atoms with Crippen molar-refractivity contribution in [2.24, 2.45) is 0 Å². The fourth-order valence-corrected chi connectivity index (χ4v) is 2.44. The van der Waals surface area contributed by atoms with E-state index in [1.165, 1.54) is 0 Å². The second kappa shape index (κ2) is 8.94. The zero-order chi connectivity index (χ0) is 18.2. The number of aryl methyl sites for hydroxylation is 1. The van der Waals surface area contributed by atoms with Gasteiger partial charge >= 0.3 is 0 Å². The number of carbonyl (C=O) groups excluding carboxylic acids is 2. The Morgan fingerprint density at radius 2 is 1.80 bits per heavy atom. The lowest BCUT2D eigenvalue weighted by Crippen LogP contribution is -2.35. The number of benzene rings is 2. The Labute approximate surface area is 152 Å². The maximum absolute atomic E-state index is 12.2. The summed E-state index contributed by atoms with van der Waals surface area (Å²) in [7, 11) is 0. The van der Waals surface area contributed by atoms with Gasteiger partial charge in [0.05, 0.1) is 11.3 Å². The van der Waals surface area contributed by atoms with E-state index < -0.39 is 0 Å². The van der Waals surface area contributed by atoms with Gasteiger partial charge in [-0.3, -0.25) is 14.9 Å². The minimum Gasteiger partial charge on any atom is -0.352 e. The van der Waals surface area contributed by atoms with Crippen molar-refractivity contribution >= 4 is 34.8 Å². The van der Waals surface area contributed by atoms with E-state index in [2.05, 4.69) is 16.0 Å². The molecular formula is C19H21N3O2S. The van der Waals surface area contributed by atoms with Crippen LogP contribution in [0.3, 0.4) is 0 Å². The molecule has 2 aromatic rings. The highest BCUT2D eigenvalue weighted by Crippen LogP contribution is 2.15. The van der Waals surface area contributed by atoms with Gasteiger partial charge in [-0.25, -0.2) is 0 Å². The summed E-state index contributed by atoms with van der Waals surface area (Å²) in [6.45, 7) is 4.50. The number of hydrogen-bond donors (Lipinski definition) is 3. The van der Waals surface area contributed by atoms with Crippen LogP contribution in [0, 0.1) is 6.92 Å². The summed E-state index contributed by atoms with van der Waals surface area (Å²) in [5.41, 5.74) is 2.54. The first kappa shape index (κ1) is 18.6. The predicted octanol–water partition coefficient (Wildman–Crippen LogP) is 3.26. The first-order valence-corrected chi connectivity index (χ1v) is 8.48. The Kier molecular flexibility index (Phi) is 6.65. The summed E-state index contributed by atoms with van der Waals surface area (Å²) in [6.07, 6.45) is 0.853. The predicted molar refractivity (Wildman–Crippen MR) is 104 cm³/mol. The van der Waals surface area contributed by atoms with Gasteiger partial charge in [0, 0.05) is 12.1 Å². The molecule has 2 rings (SSSR count). The number of para-hydroxylation sites is 1. The van der Waals surface area contributed by atoms with Gasteiger partial charge in [-0.2, -0.15) is 0 Å². The van der Waals surface area contributed by atoms with Crippen molar-refractivity contribution in [2.75, 3.05) is 11.9 Å². The maximum atomic E-state index is 12.2. The maximum Gasteiger partial charge on any atom is 0.257 e. The second-order valence-electron chi connectivity index (χ2n) is 5.58. The minimum atomic E-state index is -0.297. The third kappa shape index (κ3) is 5.39. The molecule has 0 aliphatic carbocycles. The third-order valence-corrected chi connectivity index (χ3v) is 3.67. The quantitative estimate of drug-likeness (QED) is 0.720. The van der Waals surface area contributed by atoms with Crippen molar-refractivity contribution in [3.8, 4) is 0 Å². The van der Waals surface area contributed by atoms with Gasteiger partial charge in [-0.1, -0.05) is 36.8 Å². The smallest absolute Gasteiger partial charge is 0.257 e. The zero-order valence-electron chi connectivity index (χ0n) is 14.3. The molecule has 25 heavy (non-hydrogen) atoms. The molecule has 0 bridgehead atoms. The summed E-state index contributed by atoms with van der Waals surface area (Å²) >= 11 is 5.20. The lowest BCUT2D eigenvalue weighted by atomic mass is 10.1. The average Bonchev–Trinajstić information content (AvgIpc) is 2.60. The molecule has 0 heterocycles. The molecule has 6 heteroatoms. The number of hydrogen-bond acceptors (Lipinski definition) is 3. The lowest BCUT2D eigenvalue weighted by molar-refractivity contribution is 0.0952. The molecule has 0 aliphatic rings. The van der Waals surface area contributed by atoms with Gasteiger partial charge in [0.15, 0.2) is 5.11 Å². The number of nitrogens with one attached hydrogen (secondary N) is 3. The van der Waals surface area contributed by atoms with Crippen LogP contribution in [0.1, 0.15) is 39.6 Å². The molecule has 5 nitrogen and oxygen atoms in total. The van der Waals surface area contributed by atoms with Crippen LogP contribution in [-0.2, 0) is 0 Å². The van der Waals surface area contributed by atoms with E-state index in [1.54, 1.807) is 36.4 Å². The monoisotopic (exact) mass is 355 g/mol. The zero-order valence-corrected chi connectivity index (χ0v) is 15.1. The van der Waals surface area contributed by atoms with E-state index in [0.29, 0.717) is 23.4 Å². The van der Waals surface area contributed by atoms with Gasteiger partial charge in [0.1, 0.15) is 0 Å². The van der Waals surface area contributed by atoms with Crippen LogP contribution >= 0.6 is 12.2 Å². The van der Waals surface area contributed by atoms with Crippen molar-refractivity contribution in [1.82, 2.24) is 10.6 Å². The third-order valence-electron chi connectivity index (χ3n) is 3.46. The van der Waals surface area contributed by atoms with E-state index in [4.69, 9.17) is 12.2 Å². The molecular weight excluding hydrogens is 334 g/mol. The Balaban J connectivity index is 2.05. The van der Waals surface area contributed by atoms with E-state index in [-0.39, 0.29) is 16.9 Å². The van der Waals surface area contributed by atoms with Crippen molar-refractivity contribution < 1.29 is 9.59 Å². The molecule has 0 spiro atoms. The largest absolute Gasteiger partial charge is 0.352 e. The number of anilines is 1. The molecule has 2 amide bonds.